The Hall–Kier alpha value is -1.55. The molecule has 0 aliphatic carbocycles. The van der Waals surface area contributed by atoms with Crippen molar-refractivity contribution in [2.45, 2.75) is 38.9 Å². The lowest BCUT2D eigenvalue weighted by Crippen LogP contribution is -2.17. The van der Waals surface area contributed by atoms with Crippen LogP contribution in [0.1, 0.15) is 35.3 Å². The summed E-state index contributed by atoms with van der Waals surface area (Å²) in [6.45, 7) is 4.02. The molecule has 4 heteroatoms. The molecular weight excluding hydrogens is 230 g/mol. The van der Waals surface area contributed by atoms with Crippen molar-refractivity contribution in [3.05, 3.63) is 22.8 Å². The zero-order chi connectivity index (χ0) is 12.9. The molecule has 2 N–H and O–H groups in total. The minimum atomic E-state index is -0.0603. The van der Waals surface area contributed by atoms with Crippen molar-refractivity contribution in [1.29, 1.82) is 0 Å². The zero-order valence-corrected chi connectivity index (χ0v) is 10.7. The molecule has 0 bridgehead atoms. The number of carbonyl (C=O) groups is 1. The minimum absolute atomic E-state index is 0.00894. The zero-order valence-electron chi connectivity index (χ0n) is 10.7. The van der Waals surface area contributed by atoms with Crippen molar-refractivity contribution >= 4 is 5.78 Å². The van der Waals surface area contributed by atoms with Crippen LogP contribution in [0.2, 0.25) is 0 Å². The lowest BCUT2D eigenvalue weighted by atomic mass is 9.95. The third-order valence-corrected chi connectivity index (χ3v) is 3.53. The summed E-state index contributed by atoms with van der Waals surface area (Å²) in [6.07, 6.45) is 1.81. The molecule has 18 heavy (non-hydrogen) atoms. The number of ketones is 1. The van der Waals surface area contributed by atoms with Gasteiger partial charge in [-0.05, 0) is 19.9 Å². The first-order valence-corrected chi connectivity index (χ1v) is 6.35. The largest absolute Gasteiger partial charge is 0.490 e. The van der Waals surface area contributed by atoms with Crippen LogP contribution in [-0.4, -0.2) is 24.5 Å². The Kier molecular flexibility index (Phi) is 2.55. The van der Waals surface area contributed by atoms with E-state index in [0.717, 1.165) is 35.5 Å². The fourth-order valence-electron chi connectivity index (χ4n) is 2.82. The quantitative estimate of drug-likeness (QED) is 0.804. The van der Waals surface area contributed by atoms with Crippen molar-refractivity contribution in [3.8, 4) is 11.5 Å². The van der Waals surface area contributed by atoms with E-state index in [-0.39, 0.29) is 24.5 Å². The number of carbonyl (C=O) groups excluding carboxylic acids is 1. The molecule has 3 rings (SSSR count). The van der Waals surface area contributed by atoms with Crippen LogP contribution < -0.4 is 15.2 Å². The number of hydrogen-bond acceptors (Lipinski definition) is 4. The van der Waals surface area contributed by atoms with Crippen LogP contribution in [0.3, 0.4) is 0 Å². The maximum absolute atomic E-state index is 12.1. The number of fused-ring (bicyclic) bond motifs is 2. The van der Waals surface area contributed by atoms with E-state index in [1.165, 1.54) is 0 Å². The molecule has 1 aromatic rings. The number of hydrogen-bond donors (Lipinski definition) is 1. The lowest BCUT2D eigenvalue weighted by molar-refractivity contribution is 0.0996. The summed E-state index contributed by atoms with van der Waals surface area (Å²) >= 11 is 0. The van der Waals surface area contributed by atoms with Crippen LogP contribution in [0, 0.1) is 0 Å². The Bertz CT molecular complexity index is 488. The standard InChI is InChI=1S/C14H17NO3/c1-7-3-9-5-12-10(4-8(2)17-12)13(11(16)6-15)14(9)18-7/h5,7-8H,3-4,6,15H2,1-2H3. The summed E-state index contributed by atoms with van der Waals surface area (Å²) in [6, 6.07) is 2.02. The maximum Gasteiger partial charge on any atom is 0.180 e. The molecule has 96 valence electrons. The molecule has 2 heterocycles. The second kappa shape index (κ2) is 3.99. The molecule has 1 aromatic carbocycles. The fraction of sp³-hybridized carbons (Fsp3) is 0.500. The van der Waals surface area contributed by atoms with Gasteiger partial charge in [0.2, 0.25) is 0 Å². The van der Waals surface area contributed by atoms with Gasteiger partial charge in [0.05, 0.1) is 12.1 Å². The van der Waals surface area contributed by atoms with E-state index in [9.17, 15) is 4.79 Å². The van der Waals surface area contributed by atoms with Crippen LogP contribution >= 0.6 is 0 Å². The average molecular weight is 247 g/mol. The van der Waals surface area contributed by atoms with E-state index in [2.05, 4.69) is 0 Å². The average Bonchev–Trinajstić information content (AvgIpc) is 2.85. The van der Waals surface area contributed by atoms with Crippen molar-refractivity contribution in [2.75, 3.05) is 6.54 Å². The lowest BCUT2D eigenvalue weighted by Gasteiger charge is -2.11. The Labute approximate surface area is 106 Å². The van der Waals surface area contributed by atoms with Crippen LogP contribution in [-0.2, 0) is 12.8 Å². The molecule has 0 saturated heterocycles. The van der Waals surface area contributed by atoms with E-state index in [1.807, 2.05) is 19.9 Å². The van der Waals surface area contributed by atoms with Gasteiger partial charge in [-0.25, -0.2) is 0 Å². The second-order valence-corrected chi connectivity index (χ2v) is 5.11. The molecule has 4 nitrogen and oxygen atoms in total. The van der Waals surface area contributed by atoms with Gasteiger partial charge in [-0.2, -0.15) is 0 Å². The maximum atomic E-state index is 12.1. The van der Waals surface area contributed by atoms with E-state index in [1.54, 1.807) is 0 Å². The molecule has 0 saturated carbocycles. The van der Waals surface area contributed by atoms with E-state index in [0.29, 0.717) is 5.56 Å². The monoisotopic (exact) mass is 247 g/mol. The van der Waals surface area contributed by atoms with Gasteiger partial charge in [0.25, 0.3) is 0 Å². The van der Waals surface area contributed by atoms with E-state index < -0.39 is 0 Å². The molecule has 0 amide bonds. The molecule has 2 atom stereocenters. The summed E-state index contributed by atoms with van der Waals surface area (Å²) in [5, 5.41) is 0. The van der Waals surface area contributed by atoms with Crippen LogP contribution in [0.15, 0.2) is 6.07 Å². The van der Waals surface area contributed by atoms with Gasteiger partial charge in [0.1, 0.15) is 23.7 Å². The normalized spacial score (nSPS) is 24.2. The number of rotatable bonds is 2. The van der Waals surface area contributed by atoms with E-state index in [4.69, 9.17) is 15.2 Å². The van der Waals surface area contributed by atoms with Crippen LogP contribution in [0.25, 0.3) is 0 Å². The summed E-state index contributed by atoms with van der Waals surface area (Å²) in [7, 11) is 0. The molecule has 2 aliphatic heterocycles. The third-order valence-electron chi connectivity index (χ3n) is 3.53. The van der Waals surface area contributed by atoms with Crippen LogP contribution in [0.4, 0.5) is 0 Å². The Balaban J connectivity index is 2.19. The highest BCUT2D eigenvalue weighted by Crippen LogP contribution is 2.43. The van der Waals surface area contributed by atoms with Gasteiger partial charge in [0.15, 0.2) is 5.78 Å². The first kappa shape index (κ1) is 11.5. The second-order valence-electron chi connectivity index (χ2n) is 5.11. The summed E-state index contributed by atoms with van der Waals surface area (Å²) in [5.41, 5.74) is 8.19. The van der Waals surface area contributed by atoms with Gasteiger partial charge >= 0.3 is 0 Å². The van der Waals surface area contributed by atoms with Gasteiger partial charge < -0.3 is 15.2 Å². The van der Waals surface area contributed by atoms with Gasteiger partial charge in [0, 0.05) is 24.0 Å². The van der Waals surface area contributed by atoms with Gasteiger partial charge in [-0.3, -0.25) is 4.79 Å². The summed E-state index contributed by atoms with van der Waals surface area (Å²) in [4.78, 5) is 12.1. The van der Waals surface area contributed by atoms with Gasteiger partial charge in [-0.1, -0.05) is 0 Å². The third kappa shape index (κ3) is 1.60. The first-order valence-electron chi connectivity index (χ1n) is 6.35. The van der Waals surface area contributed by atoms with Crippen molar-refractivity contribution in [1.82, 2.24) is 0 Å². The number of nitrogens with two attached hydrogens (primary N) is 1. The molecule has 0 spiro atoms. The number of Topliss-reactive ketones (excluding diaryl/α,β-unsaturated/α-hetero) is 1. The molecule has 0 fully saturated rings. The van der Waals surface area contributed by atoms with Crippen molar-refractivity contribution < 1.29 is 14.3 Å². The number of benzene rings is 1. The Morgan fingerprint density at radius 2 is 2.06 bits per heavy atom. The summed E-state index contributed by atoms with van der Waals surface area (Å²) < 4.78 is 11.5. The molecule has 2 aliphatic rings. The summed E-state index contributed by atoms with van der Waals surface area (Å²) in [5.74, 6) is 1.50. The Morgan fingerprint density at radius 3 is 2.78 bits per heavy atom. The highest BCUT2D eigenvalue weighted by Gasteiger charge is 2.33. The fourth-order valence-corrected chi connectivity index (χ4v) is 2.82. The molecule has 0 radical (unpaired) electrons. The smallest absolute Gasteiger partial charge is 0.180 e. The predicted octanol–water partition coefficient (Wildman–Crippen LogP) is 1.47. The molecule has 0 aromatic heterocycles. The Morgan fingerprint density at radius 1 is 1.33 bits per heavy atom. The van der Waals surface area contributed by atoms with Crippen molar-refractivity contribution in [3.63, 3.8) is 0 Å². The molecule has 2 unspecified atom stereocenters. The van der Waals surface area contributed by atoms with E-state index >= 15 is 0 Å². The highest BCUT2D eigenvalue weighted by molar-refractivity contribution is 6.02. The molecular formula is C14H17NO3. The number of ether oxygens (including phenoxy) is 2. The van der Waals surface area contributed by atoms with Gasteiger partial charge in [-0.15, -0.1) is 0 Å². The SMILES string of the molecule is CC1Cc2c(cc3c(c2C(=O)CN)OC(C)C3)O1. The predicted molar refractivity (Wildman–Crippen MR) is 67.4 cm³/mol. The van der Waals surface area contributed by atoms with Crippen LogP contribution in [0.5, 0.6) is 11.5 Å². The topological polar surface area (TPSA) is 61.6 Å². The first-order chi connectivity index (χ1) is 8.60. The minimum Gasteiger partial charge on any atom is -0.490 e. The highest BCUT2D eigenvalue weighted by atomic mass is 16.5. The van der Waals surface area contributed by atoms with Crippen molar-refractivity contribution in [2.24, 2.45) is 5.73 Å².